The van der Waals surface area contributed by atoms with Crippen LogP contribution in [0.4, 0.5) is 0 Å². The summed E-state index contributed by atoms with van der Waals surface area (Å²) in [5.74, 6) is 1.80. The van der Waals surface area contributed by atoms with E-state index >= 15 is 0 Å². The molecule has 3 aliphatic rings. The van der Waals surface area contributed by atoms with Crippen molar-refractivity contribution in [2.24, 2.45) is 11.3 Å². The van der Waals surface area contributed by atoms with Gasteiger partial charge in [0, 0.05) is 18.3 Å². The van der Waals surface area contributed by atoms with Crippen molar-refractivity contribution in [1.29, 1.82) is 5.26 Å². The number of aliphatic hydroxyl groups is 1. The highest BCUT2D eigenvalue weighted by Gasteiger charge is 2.52. The monoisotopic (exact) mass is 289 g/mol. The third-order valence-corrected chi connectivity index (χ3v) is 6.20. The molecule has 0 aromatic carbocycles. The minimum atomic E-state index is -0.116. The van der Waals surface area contributed by atoms with E-state index in [1.807, 2.05) is 0 Å². The van der Waals surface area contributed by atoms with E-state index in [1.165, 1.54) is 11.3 Å². The van der Waals surface area contributed by atoms with Crippen LogP contribution in [0.3, 0.4) is 0 Å². The summed E-state index contributed by atoms with van der Waals surface area (Å²) in [6.45, 7) is 2.24. The average Bonchev–Trinajstić information content (AvgIpc) is 2.85. The number of allylic oxidation sites excluding steroid dienone is 2. The zero-order chi connectivity index (χ0) is 14.9. The minimum Gasteiger partial charge on any atom is -0.495 e. The second kappa shape index (κ2) is 6.01. The molecule has 1 heterocycles. The molecule has 0 spiro atoms. The summed E-state index contributed by atoms with van der Waals surface area (Å²) in [5.41, 5.74) is 1.66. The molecule has 3 heteroatoms. The molecule has 0 amide bonds. The zero-order valence-corrected chi connectivity index (χ0v) is 13.1. The van der Waals surface area contributed by atoms with E-state index in [0.29, 0.717) is 18.4 Å². The molecule has 2 aliphatic carbocycles. The van der Waals surface area contributed by atoms with Crippen molar-refractivity contribution in [3.05, 3.63) is 11.3 Å². The summed E-state index contributed by atoms with van der Waals surface area (Å²) in [4.78, 5) is 0. The highest BCUT2D eigenvalue weighted by atomic mass is 16.5. The van der Waals surface area contributed by atoms with Gasteiger partial charge in [-0.25, -0.2) is 0 Å². The predicted molar refractivity (Wildman–Crippen MR) is 81.3 cm³/mol. The van der Waals surface area contributed by atoms with Gasteiger partial charge >= 0.3 is 0 Å². The minimum absolute atomic E-state index is 0.116. The van der Waals surface area contributed by atoms with Gasteiger partial charge < -0.3 is 9.84 Å². The second-order valence-corrected chi connectivity index (χ2v) is 7.01. The standard InChI is InChI=1S/C18H27NO2/c1-2-18-11-10-16-14(15(18)8-9-17(18)20)7-6-13(21-16)5-3-4-12-19/h13,15,17,20H,2-11H2,1H3/t13?,15?,17-,18?/m1/s1. The maximum absolute atomic E-state index is 10.5. The molecule has 0 bridgehead atoms. The van der Waals surface area contributed by atoms with E-state index in [4.69, 9.17) is 10.00 Å². The molecule has 21 heavy (non-hydrogen) atoms. The Morgan fingerprint density at radius 2 is 2.19 bits per heavy atom. The molecule has 3 unspecified atom stereocenters. The lowest BCUT2D eigenvalue weighted by molar-refractivity contribution is -0.00893. The van der Waals surface area contributed by atoms with Crippen molar-refractivity contribution < 1.29 is 9.84 Å². The van der Waals surface area contributed by atoms with Crippen molar-refractivity contribution in [3.63, 3.8) is 0 Å². The highest BCUT2D eigenvalue weighted by Crippen LogP contribution is 2.58. The highest BCUT2D eigenvalue weighted by molar-refractivity contribution is 5.25. The van der Waals surface area contributed by atoms with Crippen LogP contribution in [0.5, 0.6) is 0 Å². The van der Waals surface area contributed by atoms with Gasteiger partial charge in [-0.1, -0.05) is 6.92 Å². The first-order valence-corrected chi connectivity index (χ1v) is 8.65. The van der Waals surface area contributed by atoms with E-state index in [0.717, 1.165) is 57.8 Å². The Hall–Kier alpha value is -1.01. The van der Waals surface area contributed by atoms with Crippen LogP contribution in [-0.4, -0.2) is 17.3 Å². The Morgan fingerprint density at radius 3 is 2.95 bits per heavy atom. The van der Waals surface area contributed by atoms with Crippen LogP contribution in [0.2, 0.25) is 0 Å². The van der Waals surface area contributed by atoms with Crippen LogP contribution in [-0.2, 0) is 4.74 Å². The number of fused-ring (bicyclic) bond motifs is 2. The first-order valence-electron chi connectivity index (χ1n) is 8.65. The van der Waals surface area contributed by atoms with Crippen LogP contribution >= 0.6 is 0 Å². The van der Waals surface area contributed by atoms with Gasteiger partial charge in [0.25, 0.3) is 0 Å². The third kappa shape index (κ3) is 2.48. The second-order valence-electron chi connectivity index (χ2n) is 7.01. The molecule has 0 saturated heterocycles. The fraction of sp³-hybridized carbons (Fsp3) is 0.833. The molecular formula is C18H27NO2. The molecule has 1 aliphatic heterocycles. The van der Waals surface area contributed by atoms with Crippen LogP contribution in [0.1, 0.15) is 71.1 Å². The van der Waals surface area contributed by atoms with E-state index in [9.17, 15) is 5.11 Å². The Morgan fingerprint density at radius 1 is 1.33 bits per heavy atom. The van der Waals surface area contributed by atoms with Gasteiger partial charge in [-0.3, -0.25) is 0 Å². The van der Waals surface area contributed by atoms with Crippen molar-refractivity contribution in [2.75, 3.05) is 0 Å². The average molecular weight is 289 g/mol. The predicted octanol–water partition coefficient (Wildman–Crippen LogP) is 4.07. The smallest absolute Gasteiger partial charge is 0.0985 e. The van der Waals surface area contributed by atoms with E-state index in [2.05, 4.69) is 13.0 Å². The van der Waals surface area contributed by atoms with Gasteiger partial charge in [0.05, 0.1) is 24.0 Å². The van der Waals surface area contributed by atoms with E-state index in [-0.39, 0.29) is 11.5 Å². The number of rotatable bonds is 4. The summed E-state index contributed by atoms with van der Waals surface area (Å²) >= 11 is 0. The normalized spacial score (nSPS) is 38.4. The number of nitrogens with zero attached hydrogens (tertiary/aromatic N) is 1. The van der Waals surface area contributed by atoms with Crippen LogP contribution in [0.25, 0.3) is 0 Å². The molecular weight excluding hydrogens is 262 g/mol. The van der Waals surface area contributed by atoms with Gasteiger partial charge in [0.1, 0.15) is 0 Å². The first-order chi connectivity index (χ1) is 10.2. The number of hydrogen-bond acceptors (Lipinski definition) is 3. The molecule has 3 rings (SSSR count). The van der Waals surface area contributed by atoms with Gasteiger partial charge in [0.15, 0.2) is 0 Å². The van der Waals surface area contributed by atoms with Crippen LogP contribution < -0.4 is 0 Å². The molecule has 0 radical (unpaired) electrons. The quantitative estimate of drug-likeness (QED) is 0.794. The molecule has 1 saturated carbocycles. The van der Waals surface area contributed by atoms with E-state index < -0.39 is 0 Å². The fourth-order valence-electron chi connectivity index (χ4n) is 4.99. The maximum atomic E-state index is 10.5. The SMILES string of the molecule is CCC12CCC3=C(CCC(CCCC#N)O3)C1CC[C@H]2O. The summed E-state index contributed by atoms with van der Waals surface area (Å²) < 4.78 is 6.26. The van der Waals surface area contributed by atoms with Crippen molar-refractivity contribution in [1.82, 2.24) is 0 Å². The Labute approximate surface area is 128 Å². The summed E-state index contributed by atoms with van der Waals surface area (Å²) in [6, 6.07) is 2.22. The molecule has 116 valence electrons. The Balaban J connectivity index is 1.72. The molecule has 4 atom stereocenters. The number of unbranched alkanes of at least 4 members (excludes halogenated alkanes) is 1. The molecule has 0 aromatic rings. The maximum Gasteiger partial charge on any atom is 0.0985 e. The number of ether oxygens (including phenoxy) is 1. The van der Waals surface area contributed by atoms with Gasteiger partial charge in [-0.2, -0.15) is 5.26 Å². The van der Waals surface area contributed by atoms with E-state index in [1.54, 1.807) is 0 Å². The fourth-order valence-corrected chi connectivity index (χ4v) is 4.99. The molecule has 0 aromatic heterocycles. The lowest BCUT2D eigenvalue weighted by Crippen LogP contribution is -2.40. The number of aliphatic hydroxyl groups excluding tert-OH is 1. The molecule has 1 fully saturated rings. The summed E-state index contributed by atoms with van der Waals surface area (Å²) in [5, 5.41) is 19.1. The van der Waals surface area contributed by atoms with Crippen LogP contribution in [0.15, 0.2) is 11.3 Å². The number of nitriles is 1. The first kappa shape index (κ1) is 14.9. The van der Waals surface area contributed by atoms with Crippen molar-refractivity contribution in [2.45, 2.75) is 83.3 Å². The lowest BCUT2D eigenvalue weighted by atomic mass is 9.63. The molecule has 1 N–H and O–H groups in total. The van der Waals surface area contributed by atoms with Crippen molar-refractivity contribution in [3.8, 4) is 6.07 Å². The van der Waals surface area contributed by atoms with Gasteiger partial charge in [-0.15, -0.1) is 0 Å². The Bertz CT molecular complexity index is 464. The lowest BCUT2D eigenvalue weighted by Gasteiger charge is -2.45. The van der Waals surface area contributed by atoms with Crippen LogP contribution in [0, 0.1) is 22.7 Å². The summed E-state index contributed by atoms with van der Waals surface area (Å²) in [6.07, 6.45) is 10.3. The topological polar surface area (TPSA) is 53.2 Å². The van der Waals surface area contributed by atoms with Crippen molar-refractivity contribution >= 4 is 0 Å². The number of hydrogen-bond donors (Lipinski definition) is 1. The molecule has 3 nitrogen and oxygen atoms in total. The summed E-state index contributed by atoms with van der Waals surface area (Å²) in [7, 11) is 0. The van der Waals surface area contributed by atoms with Gasteiger partial charge in [-0.05, 0) is 62.9 Å². The van der Waals surface area contributed by atoms with Gasteiger partial charge in [0.2, 0.25) is 0 Å². The third-order valence-electron chi connectivity index (χ3n) is 6.20. The largest absolute Gasteiger partial charge is 0.495 e. The zero-order valence-electron chi connectivity index (χ0n) is 13.1. The Kier molecular flexibility index (Phi) is 4.26.